The maximum Gasteiger partial charge on any atom is -0.00264 e. The van der Waals surface area contributed by atoms with Gasteiger partial charge in [-0.05, 0) is 46.0 Å². The van der Waals surface area contributed by atoms with Crippen LogP contribution in [0, 0.1) is 11.8 Å². The first-order valence-corrected chi connectivity index (χ1v) is 6.32. The molecule has 0 N–H and O–H groups in total. The lowest BCUT2D eigenvalue weighted by Crippen LogP contribution is -2.00. The minimum atomic E-state index is 0.486. The molecule has 0 aromatic rings. The molecule has 0 aromatic carbocycles. The Labute approximate surface area is 102 Å². The van der Waals surface area contributed by atoms with Crippen molar-refractivity contribution in [3.8, 4) is 0 Å². The van der Waals surface area contributed by atoms with Crippen LogP contribution < -0.4 is 0 Å². The van der Waals surface area contributed by atoms with E-state index in [1.54, 1.807) is 0 Å². The Hall–Kier alpha value is -0.780. The van der Waals surface area contributed by atoms with Gasteiger partial charge in [-0.25, -0.2) is 0 Å². The highest BCUT2D eigenvalue weighted by Crippen LogP contribution is 2.23. The fourth-order valence-corrected chi connectivity index (χ4v) is 1.66. The Balaban J connectivity index is 4.95. The van der Waals surface area contributed by atoms with Crippen molar-refractivity contribution in [3.05, 3.63) is 34.9 Å². The van der Waals surface area contributed by atoms with E-state index in [1.807, 2.05) is 0 Å². The molecule has 0 aliphatic heterocycles. The molecule has 0 saturated carbocycles. The summed E-state index contributed by atoms with van der Waals surface area (Å²) in [6.07, 6.45) is 3.53. The van der Waals surface area contributed by atoms with E-state index >= 15 is 0 Å². The summed E-state index contributed by atoms with van der Waals surface area (Å²) in [5.41, 5.74) is 5.58. The Morgan fingerprint density at radius 2 is 1.62 bits per heavy atom. The van der Waals surface area contributed by atoms with Crippen LogP contribution in [0.2, 0.25) is 0 Å². The molecule has 0 saturated heterocycles. The van der Waals surface area contributed by atoms with Gasteiger partial charge in [0, 0.05) is 0 Å². The first-order valence-electron chi connectivity index (χ1n) is 6.32. The molecule has 0 aliphatic carbocycles. The van der Waals surface area contributed by atoms with Gasteiger partial charge >= 0.3 is 0 Å². The standard InChI is InChI=1S/C16H28/c1-9-12(4)16(8)14(6)10-13(5)15(7)11(2)3/h10,12,15H,2,9H2,1,3-8H3. The van der Waals surface area contributed by atoms with Gasteiger partial charge in [0.25, 0.3) is 0 Å². The number of hydrogen-bond acceptors (Lipinski definition) is 0. The van der Waals surface area contributed by atoms with E-state index in [0.29, 0.717) is 11.8 Å². The van der Waals surface area contributed by atoms with Crippen molar-refractivity contribution in [1.29, 1.82) is 0 Å². The predicted molar refractivity (Wildman–Crippen MR) is 75.6 cm³/mol. The largest absolute Gasteiger partial charge is 0.0995 e. The topological polar surface area (TPSA) is 0 Å². The van der Waals surface area contributed by atoms with Gasteiger partial charge in [0.2, 0.25) is 0 Å². The first-order chi connectivity index (χ1) is 7.31. The molecule has 0 aromatic heterocycles. The quantitative estimate of drug-likeness (QED) is 0.422. The lowest BCUT2D eigenvalue weighted by Gasteiger charge is -2.15. The summed E-state index contributed by atoms with van der Waals surface area (Å²) in [6.45, 7) is 19.6. The molecule has 0 radical (unpaired) electrons. The van der Waals surface area contributed by atoms with Crippen molar-refractivity contribution in [2.45, 2.75) is 54.9 Å². The summed E-state index contributed by atoms with van der Waals surface area (Å²) in [5, 5.41) is 0. The molecule has 92 valence electrons. The molecule has 0 fully saturated rings. The zero-order valence-corrected chi connectivity index (χ0v) is 12.1. The van der Waals surface area contributed by atoms with E-state index in [2.05, 4.69) is 61.1 Å². The van der Waals surface area contributed by atoms with E-state index in [9.17, 15) is 0 Å². The third kappa shape index (κ3) is 4.38. The summed E-state index contributed by atoms with van der Waals surface area (Å²) in [6, 6.07) is 0. The molecule has 0 spiro atoms. The Kier molecular flexibility index (Phi) is 6.40. The number of allylic oxidation sites excluding steroid dienone is 5. The minimum Gasteiger partial charge on any atom is -0.0995 e. The maximum atomic E-state index is 4.02. The van der Waals surface area contributed by atoms with E-state index in [4.69, 9.17) is 0 Å². The third-order valence-corrected chi connectivity index (χ3v) is 3.84. The molecule has 0 aliphatic rings. The summed E-state index contributed by atoms with van der Waals surface area (Å²) in [5.74, 6) is 1.17. The molecule has 0 heterocycles. The van der Waals surface area contributed by atoms with Crippen molar-refractivity contribution in [2.24, 2.45) is 11.8 Å². The minimum absolute atomic E-state index is 0.486. The molecule has 2 atom stereocenters. The molecule has 0 bridgehead atoms. The molecule has 0 amide bonds. The molecular formula is C16H28. The van der Waals surface area contributed by atoms with Gasteiger partial charge in [-0.3, -0.25) is 0 Å². The average Bonchev–Trinajstić information content (AvgIpc) is 2.25. The average molecular weight is 220 g/mol. The fourth-order valence-electron chi connectivity index (χ4n) is 1.66. The highest BCUT2D eigenvalue weighted by molar-refractivity contribution is 5.29. The van der Waals surface area contributed by atoms with Crippen LogP contribution in [0.15, 0.2) is 34.9 Å². The van der Waals surface area contributed by atoms with Gasteiger partial charge in [-0.2, -0.15) is 0 Å². The third-order valence-electron chi connectivity index (χ3n) is 3.84. The first kappa shape index (κ1) is 15.2. The highest BCUT2D eigenvalue weighted by atomic mass is 14.1. The Morgan fingerprint density at radius 3 is 2.00 bits per heavy atom. The second-order valence-corrected chi connectivity index (χ2v) is 5.13. The van der Waals surface area contributed by atoms with Gasteiger partial charge in [0.15, 0.2) is 0 Å². The SMILES string of the molecule is C=C(C)C(C)C(C)=CC(C)=C(C)C(C)CC. The van der Waals surface area contributed by atoms with Crippen molar-refractivity contribution in [1.82, 2.24) is 0 Å². The van der Waals surface area contributed by atoms with Gasteiger partial charge < -0.3 is 0 Å². The van der Waals surface area contributed by atoms with Crippen LogP contribution in [-0.2, 0) is 0 Å². The Bertz CT molecular complexity index is 302. The molecule has 0 heteroatoms. The van der Waals surface area contributed by atoms with Crippen LogP contribution >= 0.6 is 0 Å². The summed E-state index contributed by atoms with van der Waals surface area (Å²) in [4.78, 5) is 0. The second kappa shape index (κ2) is 6.73. The van der Waals surface area contributed by atoms with Crippen LogP contribution in [0.25, 0.3) is 0 Å². The van der Waals surface area contributed by atoms with Gasteiger partial charge in [0.1, 0.15) is 0 Å². The van der Waals surface area contributed by atoms with Gasteiger partial charge in [0.05, 0.1) is 0 Å². The van der Waals surface area contributed by atoms with Crippen LogP contribution in [-0.4, -0.2) is 0 Å². The van der Waals surface area contributed by atoms with E-state index < -0.39 is 0 Å². The number of hydrogen-bond donors (Lipinski definition) is 0. The monoisotopic (exact) mass is 220 g/mol. The smallest absolute Gasteiger partial charge is 0.00264 e. The van der Waals surface area contributed by atoms with Gasteiger partial charge in [-0.1, -0.05) is 55.7 Å². The lowest BCUT2D eigenvalue weighted by molar-refractivity contribution is 0.650. The highest BCUT2D eigenvalue weighted by Gasteiger charge is 2.07. The zero-order chi connectivity index (χ0) is 12.9. The molecule has 2 unspecified atom stereocenters. The van der Waals surface area contributed by atoms with Gasteiger partial charge in [-0.15, -0.1) is 0 Å². The molecule has 16 heavy (non-hydrogen) atoms. The predicted octanol–water partition coefficient (Wildman–Crippen LogP) is 5.53. The zero-order valence-electron chi connectivity index (χ0n) is 12.1. The number of rotatable bonds is 5. The van der Waals surface area contributed by atoms with Crippen molar-refractivity contribution in [3.63, 3.8) is 0 Å². The Morgan fingerprint density at radius 1 is 1.12 bits per heavy atom. The summed E-state index contributed by atoms with van der Waals surface area (Å²) in [7, 11) is 0. The second-order valence-electron chi connectivity index (χ2n) is 5.13. The fraction of sp³-hybridized carbons (Fsp3) is 0.625. The lowest BCUT2D eigenvalue weighted by atomic mass is 9.91. The summed E-state index contributed by atoms with van der Waals surface area (Å²) >= 11 is 0. The van der Waals surface area contributed by atoms with E-state index in [0.717, 1.165) is 0 Å². The van der Waals surface area contributed by atoms with Crippen molar-refractivity contribution >= 4 is 0 Å². The van der Waals surface area contributed by atoms with E-state index in [-0.39, 0.29) is 0 Å². The molecular weight excluding hydrogens is 192 g/mol. The van der Waals surface area contributed by atoms with Crippen LogP contribution in [0.1, 0.15) is 54.9 Å². The maximum absolute atomic E-state index is 4.02. The normalized spacial score (nSPS) is 17.8. The van der Waals surface area contributed by atoms with E-state index in [1.165, 1.54) is 28.7 Å². The van der Waals surface area contributed by atoms with Crippen molar-refractivity contribution < 1.29 is 0 Å². The molecule has 0 rings (SSSR count). The van der Waals surface area contributed by atoms with Crippen LogP contribution in [0.4, 0.5) is 0 Å². The van der Waals surface area contributed by atoms with Crippen LogP contribution in [0.3, 0.4) is 0 Å². The summed E-state index contributed by atoms with van der Waals surface area (Å²) < 4.78 is 0. The van der Waals surface area contributed by atoms with Crippen molar-refractivity contribution in [2.75, 3.05) is 0 Å². The van der Waals surface area contributed by atoms with Crippen LogP contribution in [0.5, 0.6) is 0 Å². The molecule has 0 nitrogen and oxygen atoms in total.